The van der Waals surface area contributed by atoms with Gasteiger partial charge >= 0.3 is 0 Å². The van der Waals surface area contributed by atoms with Gasteiger partial charge in [-0.25, -0.2) is 5.84 Å². The summed E-state index contributed by atoms with van der Waals surface area (Å²) in [6.07, 6.45) is 5.03. The fourth-order valence-electron chi connectivity index (χ4n) is 2.54. The third-order valence-corrected chi connectivity index (χ3v) is 3.86. The molecule has 104 valence electrons. The number of nitrogens with one attached hydrogen (secondary N) is 2. The van der Waals surface area contributed by atoms with Crippen LogP contribution >= 0.6 is 0 Å². The number of hydrogen-bond donors (Lipinski definition) is 3. The first-order chi connectivity index (χ1) is 9.20. The van der Waals surface area contributed by atoms with Gasteiger partial charge in [-0.15, -0.1) is 10.2 Å². The van der Waals surface area contributed by atoms with Gasteiger partial charge in [-0.3, -0.25) is 4.79 Å². The number of aromatic nitrogens is 2. The third-order valence-electron chi connectivity index (χ3n) is 3.86. The molecule has 1 aliphatic carbocycles. The number of nitrogens with zero attached hydrogens (tertiary/aromatic N) is 2. The van der Waals surface area contributed by atoms with Crippen molar-refractivity contribution in [1.82, 2.24) is 15.5 Å². The van der Waals surface area contributed by atoms with Crippen LogP contribution in [-0.4, -0.2) is 22.6 Å². The number of amides is 1. The lowest BCUT2D eigenvalue weighted by Crippen LogP contribution is -2.34. The molecule has 1 aromatic rings. The van der Waals surface area contributed by atoms with Gasteiger partial charge in [0, 0.05) is 6.54 Å². The molecule has 2 atom stereocenters. The maximum atomic E-state index is 11.9. The van der Waals surface area contributed by atoms with Crippen LogP contribution < -0.4 is 16.6 Å². The van der Waals surface area contributed by atoms with Crippen molar-refractivity contribution in [3.63, 3.8) is 0 Å². The van der Waals surface area contributed by atoms with Crippen molar-refractivity contribution in [1.29, 1.82) is 0 Å². The van der Waals surface area contributed by atoms with E-state index in [1.165, 1.54) is 25.7 Å². The number of nitrogens with two attached hydrogens (primary N) is 1. The summed E-state index contributed by atoms with van der Waals surface area (Å²) in [6.45, 7) is 2.98. The largest absolute Gasteiger partial charge is 0.350 e. The first-order valence-electron chi connectivity index (χ1n) is 6.79. The van der Waals surface area contributed by atoms with Crippen LogP contribution in [-0.2, 0) is 0 Å². The lowest BCUT2D eigenvalue weighted by Gasteiger charge is -2.28. The van der Waals surface area contributed by atoms with Crippen LogP contribution in [0.5, 0.6) is 0 Å². The average molecular weight is 263 g/mol. The van der Waals surface area contributed by atoms with Gasteiger partial charge in [0.2, 0.25) is 0 Å². The summed E-state index contributed by atoms with van der Waals surface area (Å²) >= 11 is 0. The fourth-order valence-corrected chi connectivity index (χ4v) is 2.54. The summed E-state index contributed by atoms with van der Waals surface area (Å²) in [5.41, 5.74) is 2.70. The number of hydrazine groups is 1. The molecule has 1 heterocycles. The van der Waals surface area contributed by atoms with E-state index in [0.29, 0.717) is 23.3 Å². The summed E-state index contributed by atoms with van der Waals surface area (Å²) in [6, 6.07) is 3.24. The second kappa shape index (κ2) is 6.47. The van der Waals surface area contributed by atoms with Crippen molar-refractivity contribution in [2.75, 3.05) is 12.0 Å². The average Bonchev–Trinajstić information content (AvgIpc) is 2.46. The molecule has 0 saturated heterocycles. The van der Waals surface area contributed by atoms with E-state index in [0.717, 1.165) is 6.54 Å². The van der Waals surface area contributed by atoms with Crippen molar-refractivity contribution in [2.45, 2.75) is 32.6 Å². The Hall–Kier alpha value is -1.69. The number of nitrogen functional groups attached to an aromatic ring is 1. The van der Waals surface area contributed by atoms with Crippen LogP contribution in [0.15, 0.2) is 12.1 Å². The van der Waals surface area contributed by atoms with Crippen molar-refractivity contribution in [2.24, 2.45) is 17.7 Å². The van der Waals surface area contributed by atoms with Crippen LogP contribution in [0.25, 0.3) is 0 Å². The van der Waals surface area contributed by atoms with Crippen molar-refractivity contribution >= 4 is 11.7 Å². The highest BCUT2D eigenvalue weighted by Crippen LogP contribution is 2.28. The first kappa shape index (κ1) is 13.7. The molecule has 2 unspecified atom stereocenters. The van der Waals surface area contributed by atoms with E-state index in [-0.39, 0.29) is 5.91 Å². The van der Waals surface area contributed by atoms with Gasteiger partial charge in [0.25, 0.3) is 5.91 Å². The van der Waals surface area contributed by atoms with E-state index >= 15 is 0 Å². The van der Waals surface area contributed by atoms with Crippen LogP contribution in [0.4, 0.5) is 5.82 Å². The van der Waals surface area contributed by atoms with Gasteiger partial charge in [-0.05, 0) is 30.4 Å². The maximum absolute atomic E-state index is 11.9. The standard InChI is InChI=1S/C13H21N5O/c1-9-4-2-3-5-10(9)8-15-13(19)11-6-7-12(16-14)18-17-11/h6-7,9-10H,2-5,8,14H2,1H3,(H,15,19)(H,16,18). The molecule has 1 fully saturated rings. The number of carbonyl (C=O) groups is 1. The second-order valence-electron chi connectivity index (χ2n) is 5.18. The number of rotatable bonds is 4. The molecule has 1 saturated carbocycles. The SMILES string of the molecule is CC1CCCCC1CNC(=O)c1ccc(NN)nn1. The van der Waals surface area contributed by atoms with Crippen molar-refractivity contribution < 1.29 is 4.79 Å². The predicted molar refractivity (Wildman–Crippen MR) is 73.3 cm³/mol. The summed E-state index contributed by atoms with van der Waals surface area (Å²) < 4.78 is 0. The van der Waals surface area contributed by atoms with Gasteiger partial charge in [0.1, 0.15) is 0 Å². The molecule has 0 radical (unpaired) electrons. The monoisotopic (exact) mass is 263 g/mol. The summed E-state index contributed by atoms with van der Waals surface area (Å²) in [7, 11) is 0. The minimum absolute atomic E-state index is 0.172. The number of carbonyl (C=O) groups excluding carboxylic acids is 1. The Balaban J connectivity index is 1.86. The smallest absolute Gasteiger partial charge is 0.271 e. The van der Waals surface area contributed by atoms with Gasteiger partial charge < -0.3 is 10.7 Å². The molecular formula is C13H21N5O. The normalized spacial score (nSPS) is 22.8. The van der Waals surface area contributed by atoms with E-state index in [1.807, 2.05) is 0 Å². The van der Waals surface area contributed by atoms with E-state index in [2.05, 4.69) is 27.9 Å². The van der Waals surface area contributed by atoms with Gasteiger partial charge in [0.15, 0.2) is 11.5 Å². The minimum Gasteiger partial charge on any atom is -0.350 e. The first-order valence-corrected chi connectivity index (χ1v) is 6.79. The highest BCUT2D eigenvalue weighted by molar-refractivity contribution is 5.92. The van der Waals surface area contributed by atoms with E-state index in [1.54, 1.807) is 12.1 Å². The Labute approximate surface area is 113 Å². The lowest BCUT2D eigenvalue weighted by molar-refractivity contribution is 0.0930. The van der Waals surface area contributed by atoms with E-state index in [9.17, 15) is 4.79 Å². The summed E-state index contributed by atoms with van der Waals surface area (Å²) in [4.78, 5) is 11.9. The van der Waals surface area contributed by atoms with Crippen LogP contribution in [0.3, 0.4) is 0 Å². The van der Waals surface area contributed by atoms with Crippen LogP contribution in [0.2, 0.25) is 0 Å². The van der Waals surface area contributed by atoms with Crippen molar-refractivity contribution in [3.05, 3.63) is 17.8 Å². The third kappa shape index (κ3) is 3.64. The molecule has 1 amide bonds. The Bertz CT molecular complexity index is 420. The summed E-state index contributed by atoms with van der Waals surface area (Å²) in [5.74, 6) is 6.73. The Kier molecular flexibility index (Phi) is 4.68. The van der Waals surface area contributed by atoms with E-state index < -0.39 is 0 Å². The molecule has 6 heteroatoms. The van der Waals surface area contributed by atoms with Crippen molar-refractivity contribution in [3.8, 4) is 0 Å². The van der Waals surface area contributed by atoms with Crippen LogP contribution in [0, 0.1) is 11.8 Å². The molecule has 2 rings (SSSR count). The molecule has 0 bridgehead atoms. The highest BCUT2D eigenvalue weighted by Gasteiger charge is 2.22. The quantitative estimate of drug-likeness (QED) is 0.562. The van der Waals surface area contributed by atoms with E-state index in [4.69, 9.17) is 5.84 Å². The van der Waals surface area contributed by atoms with Gasteiger partial charge in [-0.1, -0.05) is 26.2 Å². The predicted octanol–water partition coefficient (Wildman–Crippen LogP) is 1.32. The zero-order chi connectivity index (χ0) is 13.7. The highest BCUT2D eigenvalue weighted by atomic mass is 16.1. The molecule has 1 aliphatic rings. The summed E-state index contributed by atoms with van der Waals surface area (Å²) in [5, 5.41) is 10.6. The molecule has 4 N–H and O–H groups in total. The Morgan fingerprint density at radius 1 is 1.37 bits per heavy atom. The fraction of sp³-hybridized carbons (Fsp3) is 0.615. The lowest BCUT2D eigenvalue weighted by atomic mass is 9.80. The second-order valence-corrected chi connectivity index (χ2v) is 5.18. The molecule has 0 spiro atoms. The molecule has 0 aliphatic heterocycles. The maximum Gasteiger partial charge on any atom is 0.271 e. The Morgan fingerprint density at radius 3 is 2.79 bits per heavy atom. The number of anilines is 1. The minimum atomic E-state index is -0.172. The zero-order valence-electron chi connectivity index (χ0n) is 11.2. The Morgan fingerprint density at radius 2 is 2.16 bits per heavy atom. The zero-order valence-corrected chi connectivity index (χ0v) is 11.2. The topological polar surface area (TPSA) is 92.9 Å². The van der Waals surface area contributed by atoms with Crippen LogP contribution in [0.1, 0.15) is 43.1 Å². The molecule has 6 nitrogen and oxygen atoms in total. The molecular weight excluding hydrogens is 242 g/mol. The number of hydrogen-bond acceptors (Lipinski definition) is 5. The van der Waals surface area contributed by atoms with Gasteiger partial charge in [0.05, 0.1) is 0 Å². The molecule has 1 aromatic heterocycles. The molecule has 19 heavy (non-hydrogen) atoms. The molecule has 0 aromatic carbocycles. The van der Waals surface area contributed by atoms with Gasteiger partial charge in [-0.2, -0.15) is 0 Å².